The van der Waals surface area contributed by atoms with E-state index in [4.69, 9.17) is 0 Å². The fourth-order valence-electron chi connectivity index (χ4n) is 1.90. The quantitative estimate of drug-likeness (QED) is 0.736. The number of rotatable bonds is 2. The van der Waals surface area contributed by atoms with Crippen molar-refractivity contribution >= 4 is 25.6 Å². The molecule has 0 aromatic carbocycles. The van der Waals surface area contributed by atoms with E-state index in [0.29, 0.717) is 6.42 Å². The molecule has 0 saturated carbocycles. The van der Waals surface area contributed by atoms with Crippen LogP contribution >= 0.6 is 0 Å². The van der Waals surface area contributed by atoms with Gasteiger partial charge in [-0.2, -0.15) is 0 Å². The molecule has 1 heterocycles. The van der Waals surface area contributed by atoms with E-state index < -0.39 is 40.8 Å². The molecule has 6 nitrogen and oxygen atoms in total. The van der Waals surface area contributed by atoms with E-state index in [0.717, 1.165) is 0 Å². The van der Waals surface area contributed by atoms with Crippen LogP contribution in [-0.2, 0) is 24.5 Å². The molecule has 1 rings (SSSR count). The Hall–Kier alpha value is -0.630. The Morgan fingerprint density at radius 1 is 1.19 bits per heavy atom. The van der Waals surface area contributed by atoms with E-state index in [-0.39, 0.29) is 18.8 Å². The van der Waals surface area contributed by atoms with Crippen LogP contribution in [0.25, 0.3) is 0 Å². The molecule has 1 aliphatic rings. The average molecular weight is 339 g/mol. The summed E-state index contributed by atoms with van der Waals surface area (Å²) in [5.41, 5.74) is 0. The van der Waals surface area contributed by atoms with Crippen molar-refractivity contribution in [3.05, 3.63) is 0 Å². The Balaban J connectivity index is 2.88. The lowest BCUT2D eigenvalue weighted by atomic mass is 10.1. The van der Waals surface area contributed by atoms with Crippen molar-refractivity contribution in [3.8, 4) is 0 Å². The molecule has 1 amide bonds. The van der Waals surface area contributed by atoms with Gasteiger partial charge in [0.2, 0.25) is 5.91 Å². The minimum absolute atomic E-state index is 0.0598. The molecule has 8 heteroatoms. The summed E-state index contributed by atoms with van der Waals surface area (Å²) in [6, 6.07) is 0. The standard InChI is InChI=1S/C13H25NO5S2/c1-12(2,3)21(18,19)10-11(15)14-7-6-13(4,5)20(16,17)9-8-14/h6-10H2,1-5H3. The van der Waals surface area contributed by atoms with Gasteiger partial charge in [0.15, 0.2) is 19.7 Å². The maximum Gasteiger partial charge on any atom is 0.237 e. The molecule has 21 heavy (non-hydrogen) atoms. The SMILES string of the molecule is CC(C)(C)S(=O)(=O)CC(=O)N1CCC(C)(C)S(=O)(=O)CC1. The summed E-state index contributed by atoms with van der Waals surface area (Å²) < 4.78 is 46.4. The van der Waals surface area contributed by atoms with Crippen LogP contribution in [0.1, 0.15) is 41.0 Å². The summed E-state index contributed by atoms with van der Waals surface area (Å²) in [6.45, 7) is 8.25. The number of carbonyl (C=O) groups is 1. The van der Waals surface area contributed by atoms with E-state index in [1.807, 2.05) is 0 Å². The number of hydrogen-bond donors (Lipinski definition) is 0. The third kappa shape index (κ3) is 3.97. The molecule has 0 aromatic heterocycles. The summed E-state index contributed by atoms with van der Waals surface area (Å²) in [4.78, 5) is 13.5. The first-order chi connectivity index (χ1) is 9.20. The fraction of sp³-hybridized carbons (Fsp3) is 0.923. The highest BCUT2D eigenvalue weighted by molar-refractivity contribution is 7.93. The molecule has 0 unspecified atom stereocenters. The molecule has 1 saturated heterocycles. The van der Waals surface area contributed by atoms with Gasteiger partial charge in [0.05, 0.1) is 15.2 Å². The number of sulfone groups is 2. The lowest BCUT2D eigenvalue weighted by Gasteiger charge is -2.24. The molecule has 0 aromatic rings. The van der Waals surface area contributed by atoms with Crippen LogP contribution in [-0.4, -0.2) is 61.7 Å². The molecule has 0 atom stereocenters. The zero-order valence-corrected chi connectivity index (χ0v) is 15.0. The molecule has 0 N–H and O–H groups in total. The van der Waals surface area contributed by atoms with Gasteiger partial charge in [-0.3, -0.25) is 4.79 Å². The topological polar surface area (TPSA) is 88.6 Å². The predicted molar refractivity (Wildman–Crippen MR) is 82.6 cm³/mol. The maximum atomic E-state index is 12.2. The molecule has 124 valence electrons. The zero-order valence-electron chi connectivity index (χ0n) is 13.3. The van der Waals surface area contributed by atoms with Gasteiger partial charge in [0, 0.05) is 13.1 Å². The molecular formula is C13H25NO5S2. The van der Waals surface area contributed by atoms with Crippen molar-refractivity contribution in [1.82, 2.24) is 4.90 Å². The van der Waals surface area contributed by atoms with Crippen molar-refractivity contribution in [2.45, 2.75) is 50.5 Å². The second-order valence-electron chi connectivity index (χ2n) is 7.08. The van der Waals surface area contributed by atoms with Crippen LogP contribution in [0, 0.1) is 0 Å². The lowest BCUT2D eigenvalue weighted by molar-refractivity contribution is -0.128. The van der Waals surface area contributed by atoms with Crippen molar-refractivity contribution < 1.29 is 21.6 Å². The first kappa shape index (κ1) is 18.4. The van der Waals surface area contributed by atoms with E-state index in [1.54, 1.807) is 34.6 Å². The van der Waals surface area contributed by atoms with Gasteiger partial charge >= 0.3 is 0 Å². The first-order valence-corrected chi connectivity index (χ1v) is 10.2. The number of nitrogens with zero attached hydrogens (tertiary/aromatic N) is 1. The van der Waals surface area contributed by atoms with Crippen LogP contribution in [0.3, 0.4) is 0 Å². The van der Waals surface area contributed by atoms with Crippen molar-refractivity contribution in [3.63, 3.8) is 0 Å². The van der Waals surface area contributed by atoms with Crippen LogP contribution in [0.15, 0.2) is 0 Å². The minimum atomic E-state index is -3.56. The monoisotopic (exact) mass is 339 g/mol. The highest BCUT2D eigenvalue weighted by Gasteiger charge is 2.39. The summed E-state index contributed by atoms with van der Waals surface area (Å²) in [6.07, 6.45) is 0.316. The molecule has 0 spiro atoms. The second-order valence-corrected chi connectivity index (χ2v) is 12.6. The highest BCUT2D eigenvalue weighted by atomic mass is 32.2. The number of hydrogen-bond acceptors (Lipinski definition) is 5. The minimum Gasteiger partial charge on any atom is -0.341 e. The first-order valence-electron chi connectivity index (χ1n) is 6.92. The van der Waals surface area contributed by atoms with Crippen LogP contribution < -0.4 is 0 Å². The fourth-order valence-corrected chi connectivity index (χ4v) is 4.25. The molecule has 0 aliphatic carbocycles. The number of carbonyl (C=O) groups excluding carboxylic acids is 1. The van der Waals surface area contributed by atoms with Gasteiger partial charge in [0.1, 0.15) is 5.75 Å². The Kier molecular flexibility index (Phi) is 4.85. The molecule has 0 radical (unpaired) electrons. The van der Waals surface area contributed by atoms with Gasteiger partial charge in [-0.1, -0.05) is 0 Å². The largest absolute Gasteiger partial charge is 0.341 e. The third-order valence-electron chi connectivity index (χ3n) is 4.05. The van der Waals surface area contributed by atoms with Crippen LogP contribution in [0.5, 0.6) is 0 Å². The van der Waals surface area contributed by atoms with E-state index >= 15 is 0 Å². The van der Waals surface area contributed by atoms with Gasteiger partial charge in [-0.15, -0.1) is 0 Å². The summed E-state index contributed by atoms with van der Waals surface area (Å²) >= 11 is 0. The van der Waals surface area contributed by atoms with E-state index in [9.17, 15) is 21.6 Å². The Morgan fingerprint density at radius 3 is 2.19 bits per heavy atom. The average Bonchev–Trinajstić information content (AvgIpc) is 2.35. The van der Waals surface area contributed by atoms with Gasteiger partial charge in [0.25, 0.3) is 0 Å². The van der Waals surface area contributed by atoms with E-state index in [1.165, 1.54) is 4.90 Å². The Bertz CT molecular complexity index is 611. The smallest absolute Gasteiger partial charge is 0.237 e. The highest BCUT2D eigenvalue weighted by Crippen LogP contribution is 2.25. The summed E-state index contributed by atoms with van der Waals surface area (Å²) in [7, 11) is -6.84. The van der Waals surface area contributed by atoms with Gasteiger partial charge in [-0.05, 0) is 41.0 Å². The predicted octanol–water partition coefficient (Wildman–Crippen LogP) is 0.625. The molecule has 0 bridgehead atoms. The Morgan fingerprint density at radius 2 is 1.71 bits per heavy atom. The van der Waals surface area contributed by atoms with Gasteiger partial charge < -0.3 is 4.90 Å². The van der Waals surface area contributed by atoms with Crippen molar-refractivity contribution in [2.75, 3.05) is 24.6 Å². The summed E-state index contributed by atoms with van der Waals surface area (Å²) in [5.74, 6) is -1.21. The lowest BCUT2D eigenvalue weighted by Crippen LogP contribution is -2.42. The van der Waals surface area contributed by atoms with Crippen molar-refractivity contribution in [1.29, 1.82) is 0 Å². The normalized spacial score (nSPS) is 22.6. The van der Waals surface area contributed by atoms with Crippen LogP contribution in [0.4, 0.5) is 0 Å². The molecule has 1 aliphatic heterocycles. The Labute approximate surface area is 127 Å². The summed E-state index contributed by atoms with van der Waals surface area (Å²) in [5, 5.41) is 0. The van der Waals surface area contributed by atoms with Gasteiger partial charge in [-0.25, -0.2) is 16.8 Å². The third-order valence-corrected chi connectivity index (χ3v) is 9.16. The number of amides is 1. The maximum absolute atomic E-state index is 12.2. The second kappa shape index (κ2) is 5.53. The van der Waals surface area contributed by atoms with Crippen LogP contribution in [0.2, 0.25) is 0 Å². The van der Waals surface area contributed by atoms with Crippen molar-refractivity contribution in [2.24, 2.45) is 0 Å². The van der Waals surface area contributed by atoms with E-state index in [2.05, 4.69) is 0 Å². The molecular weight excluding hydrogens is 314 g/mol. The zero-order chi connectivity index (χ0) is 16.7. The molecule has 1 fully saturated rings.